The molecule has 150 valence electrons. The van der Waals surface area contributed by atoms with Crippen molar-refractivity contribution in [2.45, 2.75) is 32.4 Å². The van der Waals surface area contributed by atoms with E-state index in [1.54, 1.807) is 35.2 Å². The molecule has 0 aliphatic carbocycles. The molecule has 0 aromatic heterocycles. The zero-order valence-corrected chi connectivity index (χ0v) is 16.4. The van der Waals surface area contributed by atoms with Crippen LogP contribution in [0.2, 0.25) is 0 Å². The van der Waals surface area contributed by atoms with Gasteiger partial charge in [-0.1, -0.05) is 19.1 Å². The fourth-order valence-electron chi connectivity index (χ4n) is 3.78. The number of methoxy groups -OCH3 is 1. The van der Waals surface area contributed by atoms with Crippen molar-refractivity contribution in [1.29, 1.82) is 0 Å². The molecule has 6 heteroatoms. The highest BCUT2D eigenvalue weighted by molar-refractivity contribution is 5.94. The Kier molecular flexibility index (Phi) is 6.52. The average Bonchev–Trinajstić information content (AvgIpc) is 3.15. The van der Waals surface area contributed by atoms with E-state index in [1.807, 2.05) is 0 Å². The number of likely N-dealkylation sites (N-methyl/N-ethyl adjacent to an activating group) is 1. The van der Waals surface area contributed by atoms with Crippen LogP contribution in [-0.2, 0) is 6.54 Å². The van der Waals surface area contributed by atoms with E-state index in [0.717, 1.165) is 31.5 Å². The molecule has 0 bridgehead atoms. The van der Waals surface area contributed by atoms with Crippen LogP contribution in [-0.4, -0.2) is 53.6 Å². The van der Waals surface area contributed by atoms with Crippen LogP contribution in [0.4, 0.5) is 4.39 Å². The summed E-state index contributed by atoms with van der Waals surface area (Å²) in [5.41, 5.74) is 0.932. The van der Waals surface area contributed by atoms with E-state index < -0.39 is 5.82 Å². The molecule has 1 fully saturated rings. The van der Waals surface area contributed by atoms with Gasteiger partial charge in [-0.25, -0.2) is 4.39 Å². The number of hydrogen-bond acceptors (Lipinski definition) is 4. The van der Waals surface area contributed by atoms with Gasteiger partial charge in [-0.3, -0.25) is 9.69 Å². The summed E-state index contributed by atoms with van der Waals surface area (Å²) in [7, 11) is 1.47. The van der Waals surface area contributed by atoms with Gasteiger partial charge in [-0.05, 0) is 55.8 Å². The topological polar surface area (TPSA) is 53.0 Å². The fraction of sp³-hybridized carbons (Fsp3) is 0.409. The second kappa shape index (κ2) is 9.06. The number of carbonyl (C=O) groups excluding carboxylic acids is 1. The second-order valence-electron chi connectivity index (χ2n) is 7.12. The molecule has 0 spiro atoms. The first-order chi connectivity index (χ1) is 13.5. The molecule has 1 aliphatic rings. The number of phenolic OH excluding ortho intramolecular Hbond substituents is 1. The maximum Gasteiger partial charge on any atom is 0.257 e. The molecule has 1 atom stereocenters. The summed E-state index contributed by atoms with van der Waals surface area (Å²) in [5.74, 6) is -0.363. The first-order valence-corrected chi connectivity index (χ1v) is 9.66. The molecule has 2 aromatic rings. The Bertz CT molecular complexity index is 810. The van der Waals surface area contributed by atoms with Crippen molar-refractivity contribution in [1.82, 2.24) is 9.80 Å². The minimum Gasteiger partial charge on any atom is -0.508 e. The molecule has 5 nitrogen and oxygen atoms in total. The van der Waals surface area contributed by atoms with Gasteiger partial charge in [0.2, 0.25) is 0 Å². The number of ether oxygens (including phenoxy) is 1. The van der Waals surface area contributed by atoms with Crippen LogP contribution in [0.1, 0.15) is 35.7 Å². The van der Waals surface area contributed by atoms with Crippen molar-refractivity contribution in [3.05, 3.63) is 59.4 Å². The van der Waals surface area contributed by atoms with Crippen LogP contribution in [0.3, 0.4) is 0 Å². The van der Waals surface area contributed by atoms with Gasteiger partial charge in [0, 0.05) is 25.2 Å². The SMILES string of the molecule is CCN1CCC[C@H]1CN(Cc1ccc(O)cc1)C(=O)c1ccc(OC)cc1F. The number of amides is 1. The average molecular weight is 386 g/mol. The number of hydrogen-bond donors (Lipinski definition) is 1. The van der Waals surface area contributed by atoms with E-state index in [4.69, 9.17) is 4.74 Å². The van der Waals surface area contributed by atoms with E-state index in [2.05, 4.69) is 11.8 Å². The van der Waals surface area contributed by atoms with E-state index in [1.165, 1.54) is 19.2 Å². The monoisotopic (exact) mass is 386 g/mol. The molecule has 2 aromatic carbocycles. The van der Waals surface area contributed by atoms with Gasteiger partial charge in [0.1, 0.15) is 17.3 Å². The number of phenols is 1. The zero-order chi connectivity index (χ0) is 20.1. The third-order valence-corrected chi connectivity index (χ3v) is 5.34. The summed E-state index contributed by atoms with van der Waals surface area (Å²) >= 11 is 0. The number of nitrogens with zero attached hydrogens (tertiary/aromatic N) is 2. The number of benzene rings is 2. The molecule has 0 unspecified atom stereocenters. The summed E-state index contributed by atoms with van der Waals surface area (Å²) < 4.78 is 19.6. The third-order valence-electron chi connectivity index (χ3n) is 5.34. The van der Waals surface area contributed by atoms with Crippen LogP contribution >= 0.6 is 0 Å². The summed E-state index contributed by atoms with van der Waals surface area (Å²) in [6, 6.07) is 11.3. The number of halogens is 1. The van der Waals surface area contributed by atoms with Crippen molar-refractivity contribution < 1.29 is 19.0 Å². The number of likely N-dealkylation sites (tertiary alicyclic amines) is 1. The van der Waals surface area contributed by atoms with Crippen molar-refractivity contribution in [3.8, 4) is 11.5 Å². The Hall–Kier alpha value is -2.60. The summed E-state index contributed by atoms with van der Waals surface area (Å²) in [6.45, 7) is 4.98. The van der Waals surface area contributed by atoms with E-state index >= 15 is 0 Å². The lowest BCUT2D eigenvalue weighted by Crippen LogP contribution is -2.43. The third kappa shape index (κ3) is 4.62. The smallest absolute Gasteiger partial charge is 0.257 e. The highest BCUT2D eigenvalue weighted by atomic mass is 19.1. The molecular formula is C22H27FN2O3. The second-order valence-corrected chi connectivity index (χ2v) is 7.12. The molecule has 1 amide bonds. The Balaban J connectivity index is 1.85. The van der Waals surface area contributed by atoms with Crippen molar-refractivity contribution in [2.24, 2.45) is 0 Å². The minimum absolute atomic E-state index is 0.0422. The van der Waals surface area contributed by atoms with Gasteiger partial charge in [-0.15, -0.1) is 0 Å². The molecule has 1 saturated heterocycles. The molecular weight excluding hydrogens is 359 g/mol. The molecule has 28 heavy (non-hydrogen) atoms. The van der Waals surface area contributed by atoms with Crippen molar-refractivity contribution in [3.63, 3.8) is 0 Å². The predicted molar refractivity (Wildman–Crippen MR) is 106 cm³/mol. The fourth-order valence-corrected chi connectivity index (χ4v) is 3.78. The summed E-state index contributed by atoms with van der Waals surface area (Å²) in [5, 5.41) is 9.51. The molecule has 1 aliphatic heterocycles. The summed E-state index contributed by atoms with van der Waals surface area (Å²) in [6.07, 6.45) is 2.13. The maximum absolute atomic E-state index is 14.5. The van der Waals surface area contributed by atoms with E-state index in [9.17, 15) is 14.3 Å². The molecule has 3 rings (SSSR count). The first kappa shape index (κ1) is 20.1. The minimum atomic E-state index is -0.584. The Morgan fingerprint density at radius 2 is 2.04 bits per heavy atom. The van der Waals surface area contributed by atoms with Crippen LogP contribution < -0.4 is 4.74 Å². The maximum atomic E-state index is 14.5. The van der Waals surface area contributed by atoms with Crippen LogP contribution in [0.15, 0.2) is 42.5 Å². The molecule has 0 saturated carbocycles. The van der Waals surface area contributed by atoms with Crippen molar-refractivity contribution >= 4 is 5.91 Å². The van der Waals surface area contributed by atoms with Gasteiger partial charge in [0.25, 0.3) is 5.91 Å². The van der Waals surface area contributed by atoms with Crippen LogP contribution in [0.5, 0.6) is 11.5 Å². The van der Waals surface area contributed by atoms with Gasteiger partial charge in [0.15, 0.2) is 0 Å². The lowest BCUT2D eigenvalue weighted by molar-refractivity contribution is 0.0687. The predicted octanol–water partition coefficient (Wildman–Crippen LogP) is 3.67. The Morgan fingerprint density at radius 1 is 1.29 bits per heavy atom. The molecule has 1 N–H and O–H groups in total. The standard InChI is InChI=1S/C22H27FN2O3/c1-3-24-12-4-5-17(24)15-25(14-16-6-8-18(26)9-7-16)22(27)20-11-10-19(28-2)13-21(20)23/h6-11,13,17,26H,3-5,12,14-15H2,1-2H3/t17-/m0/s1. The van der Waals surface area contributed by atoms with Crippen LogP contribution in [0.25, 0.3) is 0 Å². The zero-order valence-electron chi connectivity index (χ0n) is 16.4. The summed E-state index contributed by atoms with van der Waals surface area (Å²) in [4.78, 5) is 17.3. The highest BCUT2D eigenvalue weighted by Crippen LogP contribution is 2.23. The molecule has 1 heterocycles. The number of rotatable bonds is 7. The highest BCUT2D eigenvalue weighted by Gasteiger charge is 2.28. The normalized spacial score (nSPS) is 16.9. The van der Waals surface area contributed by atoms with Crippen molar-refractivity contribution in [2.75, 3.05) is 26.7 Å². The Labute approximate surface area is 165 Å². The van der Waals surface area contributed by atoms with Crippen LogP contribution in [0, 0.1) is 5.82 Å². The number of aromatic hydroxyl groups is 1. The van der Waals surface area contributed by atoms with E-state index in [0.29, 0.717) is 18.8 Å². The largest absolute Gasteiger partial charge is 0.508 e. The lowest BCUT2D eigenvalue weighted by Gasteiger charge is -2.30. The van der Waals surface area contributed by atoms with Gasteiger partial charge < -0.3 is 14.7 Å². The van der Waals surface area contributed by atoms with Gasteiger partial charge in [0.05, 0.1) is 12.7 Å². The lowest BCUT2D eigenvalue weighted by atomic mass is 10.1. The Morgan fingerprint density at radius 3 is 2.68 bits per heavy atom. The van der Waals surface area contributed by atoms with E-state index in [-0.39, 0.29) is 23.3 Å². The van der Waals surface area contributed by atoms with Gasteiger partial charge >= 0.3 is 0 Å². The number of carbonyl (C=O) groups is 1. The molecule has 0 radical (unpaired) electrons. The van der Waals surface area contributed by atoms with Gasteiger partial charge in [-0.2, -0.15) is 0 Å². The first-order valence-electron chi connectivity index (χ1n) is 9.66. The quantitative estimate of drug-likeness (QED) is 0.789.